The molecule has 1 aromatic carbocycles. The van der Waals surface area contributed by atoms with Crippen LogP contribution in [0.5, 0.6) is 5.75 Å². The maximum atomic E-state index is 13.1. The van der Waals surface area contributed by atoms with Gasteiger partial charge in [0.25, 0.3) is 5.91 Å². The minimum atomic E-state index is -3.60. The molecule has 1 atom stereocenters. The number of thiophene rings is 1. The van der Waals surface area contributed by atoms with E-state index in [-0.39, 0.29) is 24.7 Å². The van der Waals surface area contributed by atoms with E-state index in [2.05, 4.69) is 10.3 Å². The van der Waals surface area contributed by atoms with Gasteiger partial charge in [-0.1, -0.05) is 18.6 Å². The molecule has 3 heterocycles. The van der Waals surface area contributed by atoms with Crippen LogP contribution < -0.4 is 15.5 Å². The van der Waals surface area contributed by atoms with Gasteiger partial charge in [-0.05, 0) is 54.8 Å². The number of carbonyl (C=O) groups excluding carboxylic acids is 2. The van der Waals surface area contributed by atoms with Crippen LogP contribution in [0.15, 0.2) is 60.9 Å². The molecule has 3 N–H and O–H groups in total. The van der Waals surface area contributed by atoms with Crippen LogP contribution in [0.4, 0.5) is 5.69 Å². The van der Waals surface area contributed by atoms with Gasteiger partial charge >= 0.3 is 0 Å². The number of anilines is 1. The van der Waals surface area contributed by atoms with Crippen molar-refractivity contribution in [2.75, 3.05) is 17.7 Å². The monoisotopic (exact) mass is 515 g/mol. The normalized spacial score (nSPS) is 19.0. The zero-order valence-electron chi connectivity index (χ0n) is 18.8. The zero-order chi connectivity index (χ0) is 24.9. The van der Waals surface area contributed by atoms with E-state index in [0.717, 1.165) is 10.4 Å². The number of pyridine rings is 1. The molecule has 1 fully saturated rings. The van der Waals surface area contributed by atoms with Crippen molar-refractivity contribution in [3.05, 3.63) is 65.8 Å². The molecule has 0 bridgehead atoms. The number of amides is 2. The molecule has 2 aromatic heterocycles. The largest absolute Gasteiger partial charge is 0.484 e. The fourth-order valence-electron chi connectivity index (χ4n) is 4.18. The Morgan fingerprint density at radius 3 is 2.63 bits per heavy atom. The molecule has 1 saturated heterocycles. The van der Waals surface area contributed by atoms with E-state index in [1.807, 2.05) is 12.1 Å². The first-order chi connectivity index (χ1) is 16.8. The molecule has 35 heavy (non-hydrogen) atoms. The third kappa shape index (κ3) is 5.53. The van der Waals surface area contributed by atoms with E-state index >= 15 is 0 Å². The quantitative estimate of drug-likeness (QED) is 0.309. The molecule has 11 heteroatoms. The molecular weight excluding hydrogens is 490 g/mol. The smallest absolute Gasteiger partial charge is 0.262 e. The molecule has 0 saturated carbocycles. The van der Waals surface area contributed by atoms with Crippen molar-refractivity contribution in [3.8, 4) is 16.2 Å². The molecule has 1 aliphatic rings. The summed E-state index contributed by atoms with van der Waals surface area (Å²) in [5, 5.41) is 11.8. The van der Waals surface area contributed by atoms with Crippen molar-refractivity contribution in [1.29, 1.82) is 0 Å². The van der Waals surface area contributed by atoms with Crippen LogP contribution in [0.1, 0.15) is 30.6 Å². The molecule has 0 unspecified atom stereocenters. The molecule has 0 radical (unpaired) electrons. The van der Waals surface area contributed by atoms with Crippen molar-refractivity contribution in [2.45, 2.75) is 30.4 Å². The average Bonchev–Trinajstić information content (AvgIpc) is 3.36. The van der Waals surface area contributed by atoms with Gasteiger partial charge in [0.1, 0.15) is 10.5 Å². The number of nitrogens with one attached hydrogen (secondary N) is 2. The van der Waals surface area contributed by atoms with Gasteiger partial charge in [-0.3, -0.25) is 19.8 Å². The number of carbonyl (C=O) groups is 2. The van der Waals surface area contributed by atoms with Crippen molar-refractivity contribution < 1.29 is 28.0 Å². The van der Waals surface area contributed by atoms with Gasteiger partial charge in [-0.25, -0.2) is 13.9 Å². The summed E-state index contributed by atoms with van der Waals surface area (Å²) >= 11 is 1.30. The topological polar surface area (TPSA) is 135 Å². The Hall–Kier alpha value is -3.28. The van der Waals surface area contributed by atoms with Gasteiger partial charge in [-0.2, -0.15) is 0 Å². The first kappa shape index (κ1) is 24.8. The molecule has 0 aliphatic carbocycles. The third-order valence-electron chi connectivity index (χ3n) is 5.92. The zero-order valence-corrected chi connectivity index (χ0v) is 20.4. The van der Waals surface area contributed by atoms with Gasteiger partial charge in [0.05, 0.1) is 12.2 Å². The van der Waals surface area contributed by atoms with Gasteiger partial charge < -0.3 is 10.1 Å². The van der Waals surface area contributed by atoms with Crippen LogP contribution in [-0.2, 0) is 24.2 Å². The second kappa shape index (κ2) is 10.5. The van der Waals surface area contributed by atoms with Crippen molar-refractivity contribution in [3.63, 3.8) is 0 Å². The van der Waals surface area contributed by atoms with Crippen molar-refractivity contribution >= 4 is 38.7 Å². The lowest BCUT2D eigenvalue weighted by atomic mass is 9.94. The molecule has 184 valence electrons. The van der Waals surface area contributed by atoms with E-state index in [1.165, 1.54) is 11.3 Å². The predicted molar refractivity (Wildman–Crippen MR) is 132 cm³/mol. The summed E-state index contributed by atoms with van der Waals surface area (Å²) < 4.78 is 30.3. The van der Waals surface area contributed by atoms with Gasteiger partial charge in [0.2, 0.25) is 5.91 Å². The summed E-state index contributed by atoms with van der Waals surface area (Å²) in [7, 11) is -3.60. The highest BCUT2D eigenvalue weighted by Gasteiger charge is 2.49. The van der Waals surface area contributed by atoms with Gasteiger partial charge in [0.15, 0.2) is 16.4 Å². The lowest BCUT2D eigenvalue weighted by molar-refractivity contribution is -0.130. The standard InChI is InChI=1S/C24H25N3O6S2/c28-22(27-30)15-24(10-1-2-13-35(24,31)32)21-7-6-20(34-21)17-4-3-5-18(14-17)26-23(29)16-33-19-8-11-25-12-9-19/h3-9,11-12,14,30H,1-2,10,13,15-16H2,(H,26,29)(H,27,28)/t24-/m0/s1. The van der Waals surface area contributed by atoms with E-state index in [9.17, 15) is 18.0 Å². The Bertz CT molecular complexity index is 1310. The third-order valence-corrected chi connectivity index (χ3v) is 9.97. The first-order valence-electron chi connectivity index (χ1n) is 11.0. The highest BCUT2D eigenvalue weighted by molar-refractivity contribution is 7.92. The minimum Gasteiger partial charge on any atom is -0.484 e. The summed E-state index contributed by atoms with van der Waals surface area (Å²) in [5.74, 6) is -0.518. The highest BCUT2D eigenvalue weighted by atomic mass is 32.2. The van der Waals surface area contributed by atoms with Gasteiger partial charge in [-0.15, -0.1) is 11.3 Å². The van der Waals surface area contributed by atoms with E-state index < -0.39 is 20.5 Å². The summed E-state index contributed by atoms with van der Waals surface area (Å²) in [6.07, 6.45) is 4.36. The Morgan fingerprint density at radius 2 is 1.89 bits per heavy atom. The van der Waals surface area contributed by atoms with Crippen LogP contribution in [0.25, 0.3) is 10.4 Å². The summed E-state index contributed by atoms with van der Waals surface area (Å²) in [6.45, 7) is -0.162. The maximum absolute atomic E-state index is 13.1. The molecular formula is C24H25N3O6S2. The van der Waals surface area contributed by atoms with Crippen molar-refractivity contribution in [1.82, 2.24) is 10.5 Å². The van der Waals surface area contributed by atoms with Crippen molar-refractivity contribution in [2.24, 2.45) is 0 Å². The Balaban J connectivity index is 1.53. The molecule has 4 rings (SSSR count). The minimum absolute atomic E-state index is 0.00201. The number of benzene rings is 1. The number of ether oxygens (including phenoxy) is 1. The fraction of sp³-hybridized carbons (Fsp3) is 0.292. The number of nitrogens with zero attached hydrogens (tertiary/aromatic N) is 1. The SMILES string of the molecule is O=C(C[C@]1(c2ccc(-c3cccc(NC(=O)COc4ccncc4)c3)s2)CCCCS1(=O)=O)NO. The summed E-state index contributed by atoms with van der Waals surface area (Å²) in [6, 6.07) is 14.1. The first-order valence-corrected chi connectivity index (χ1v) is 13.5. The van der Waals surface area contributed by atoms with Crippen LogP contribution in [0.2, 0.25) is 0 Å². The highest BCUT2D eigenvalue weighted by Crippen LogP contribution is 2.47. The Labute approximate surface area is 207 Å². The Kier molecular flexibility index (Phi) is 7.48. The molecule has 3 aromatic rings. The lowest BCUT2D eigenvalue weighted by Gasteiger charge is -2.35. The lowest BCUT2D eigenvalue weighted by Crippen LogP contribution is -2.43. The second-order valence-corrected chi connectivity index (χ2v) is 11.7. The maximum Gasteiger partial charge on any atom is 0.262 e. The van der Waals surface area contributed by atoms with E-state index in [4.69, 9.17) is 9.94 Å². The number of aromatic nitrogens is 1. The van der Waals surface area contributed by atoms with Crippen LogP contribution >= 0.6 is 11.3 Å². The number of hydroxylamine groups is 1. The predicted octanol–water partition coefficient (Wildman–Crippen LogP) is 3.52. The van der Waals surface area contributed by atoms with Crippen LogP contribution in [-0.4, -0.2) is 42.8 Å². The molecule has 1 aliphatic heterocycles. The van der Waals surface area contributed by atoms with E-state index in [0.29, 0.717) is 35.6 Å². The van der Waals surface area contributed by atoms with Crippen LogP contribution in [0.3, 0.4) is 0 Å². The van der Waals surface area contributed by atoms with Crippen LogP contribution in [0, 0.1) is 0 Å². The second-order valence-electron chi connectivity index (χ2n) is 8.25. The number of rotatable bonds is 8. The summed E-state index contributed by atoms with van der Waals surface area (Å²) in [4.78, 5) is 29.6. The number of hydrogen-bond donors (Lipinski definition) is 3. The van der Waals surface area contributed by atoms with Gasteiger partial charge in [0, 0.05) is 27.8 Å². The summed E-state index contributed by atoms with van der Waals surface area (Å²) in [5.41, 5.74) is 2.94. The average molecular weight is 516 g/mol. The molecule has 9 nitrogen and oxygen atoms in total. The fourth-order valence-corrected chi connectivity index (χ4v) is 7.96. The number of hydrogen-bond acceptors (Lipinski definition) is 8. The Morgan fingerprint density at radius 1 is 1.09 bits per heavy atom. The molecule has 2 amide bonds. The number of sulfone groups is 1. The van der Waals surface area contributed by atoms with E-state index in [1.54, 1.807) is 54.3 Å². The molecule has 0 spiro atoms.